The van der Waals surface area contributed by atoms with Crippen molar-refractivity contribution in [2.75, 3.05) is 6.61 Å². The minimum atomic E-state index is -0.418. The van der Waals surface area contributed by atoms with Crippen LogP contribution >= 0.6 is 15.9 Å². The molecule has 2 rings (SSSR count). The molecule has 0 saturated heterocycles. The molecule has 25 heavy (non-hydrogen) atoms. The molecule has 5 nitrogen and oxygen atoms in total. The van der Waals surface area contributed by atoms with Crippen molar-refractivity contribution >= 4 is 27.7 Å². The number of amides is 2. The lowest BCUT2D eigenvalue weighted by atomic mass is 10.0. The van der Waals surface area contributed by atoms with E-state index in [-0.39, 0.29) is 24.9 Å². The Bertz CT molecular complexity index is 733. The standard InChI is InChI=1S/C19H21BrN2O3/c1-13(2)16-11-15(20)8-9-17(16)25-12-19(24)22-21-18(23)10-14-6-4-3-5-7-14/h3-9,11,13H,10,12H2,1-2H3,(H,21,23)(H,22,24). The molecule has 0 fully saturated rings. The van der Waals surface area contributed by atoms with E-state index >= 15 is 0 Å². The number of benzene rings is 2. The third-order valence-corrected chi connectivity index (χ3v) is 3.99. The summed E-state index contributed by atoms with van der Waals surface area (Å²) >= 11 is 3.43. The van der Waals surface area contributed by atoms with Gasteiger partial charge in [0.05, 0.1) is 6.42 Å². The number of halogens is 1. The quantitative estimate of drug-likeness (QED) is 0.725. The Kier molecular flexibility index (Phi) is 7.01. The van der Waals surface area contributed by atoms with Gasteiger partial charge in [-0.05, 0) is 35.2 Å². The molecule has 0 radical (unpaired) electrons. The van der Waals surface area contributed by atoms with Gasteiger partial charge in [0.1, 0.15) is 5.75 Å². The Morgan fingerprint density at radius 3 is 2.40 bits per heavy atom. The Morgan fingerprint density at radius 1 is 1.04 bits per heavy atom. The fraction of sp³-hybridized carbons (Fsp3) is 0.263. The monoisotopic (exact) mass is 404 g/mol. The summed E-state index contributed by atoms with van der Waals surface area (Å²) in [7, 11) is 0. The van der Waals surface area contributed by atoms with E-state index in [0.29, 0.717) is 5.75 Å². The highest BCUT2D eigenvalue weighted by atomic mass is 79.9. The van der Waals surface area contributed by atoms with Gasteiger partial charge in [0.25, 0.3) is 5.91 Å². The third-order valence-electron chi connectivity index (χ3n) is 3.50. The maximum atomic E-state index is 11.9. The zero-order valence-electron chi connectivity index (χ0n) is 14.2. The van der Waals surface area contributed by atoms with Crippen molar-refractivity contribution in [1.29, 1.82) is 0 Å². The minimum Gasteiger partial charge on any atom is -0.483 e. The smallest absolute Gasteiger partial charge is 0.276 e. The molecule has 6 heteroatoms. The molecule has 0 bridgehead atoms. The predicted molar refractivity (Wildman–Crippen MR) is 100 cm³/mol. The van der Waals surface area contributed by atoms with E-state index in [1.54, 1.807) is 0 Å². The molecule has 0 aliphatic rings. The first kappa shape index (κ1) is 19.0. The normalized spacial score (nSPS) is 10.4. The number of carbonyl (C=O) groups is 2. The van der Waals surface area contributed by atoms with Crippen LogP contribution in [0.25, 0.3) is 0 Å². The Hall–Kier alpha value is -2.34. The molecule has 2 aromatic rings. The van der Waals surface area contributed by atoms with Gasteiger partial charge in [-0.25, -0.2) is 0 Å². The van der Waals surface area contributed by atoms with Crippen LogP contribution in [0, 0.1) is 0 Å². The Labute approximate surface area is 155 Å². The summed E-state index contributed by atoms with van der Waals surface area (Å²) in [6, 6.07) is 15.0. The number of rotatable bonds is 6. The molecular weight excluding hydrogens is 384 g/mol. The molecule has 0 aromatic heterocycles. The van der Waals surface area contributed by atoms with Crippen LogP contribution < -0.4 is 15.6 Å². The van der Waals surface area contributed by atoms with Gasteiger partial charge in [0.15, 0.2) is 6.61 Å². The van der Waals surface area contributed by atoms with Gasteiger partial charge in [0, 0.05) is 4.47 Å². The second-order valence-corrected chi connectivity index (χ2v) is 6.80. The highest BCUT2D eigenvalue weighted by Crippen LogP contribution is 2.29. The average molecular weight is 405 g/mol. The Morgan fingerprint density at radius 2 is 1.72 bits per heavy atom. The zero-order valence-corrected chi connectivity index (χ0v) is 15.8. The molecule has 0 aliphatic carbocycles. The van der Waals surface area contributed by atoms with Gasteiger partial charge in [-0.15, -0.1) is 0 Å². The van der Waals surface area contributed by atoms with Crippen LogP contribution in [0.3, 0.4) is 0 Å². The van der Waals surface area contributed by atoms with Crippen LogP contribution in [-0.4, -0.2) is 18.4 Å². The van der Waals surface area contributed by atoms with Crippen molar-refractivity contribution in [1.82, 2.24) is 10.9 Å². The van der Waals surface area contributed by atoms with Gasteiger partial charge in [-0.2, -0.15) is 0 Å². The SMILES string of the molecule is CC(C)c1cc(Br)ccc1OCC(=O)NNC(=O)Cc1ccccc1. The van der Waals surface area contributed by atoms with Crippen molar-refractivity contribution in [2.24, 2.45) is 0 Å². The van der Waals surface area contributed by atoms with E-state index in [1.165, 1.54) is 0 Å². The number of carbonyl (C=O) groups excluding carboxylic acids is 2. The lowest BCUT2D eigenvalue weighted by Gasteiger charge is -2.14. The summed E-state index contributed by atoms with van der Waals surface area (Å²) < 4.78 is 6.54. The van der Waals surface area contributed by atoms with Crippen LogP contribution in [-0.2, 0) is 16.0 Å². The van der Waals surface area contributed by atoms with Crippen molar-refractivity contribution in [3.63, 3.8) is 0 Å². The molecule has 0 atom stereocenters. The topological polar surface area (TPSA) is 67.4 Å². The minimum absolute atomic E-state index is 0.174. The molecule has 0 saturated carbocycles. The predicted octanol–water partition coefficient (Wildman–Crippen LogP) is 3.34. The van der Waals surface area contributed by atoms with Crippen LogP contribution in [0.4, 0.5) is 0 Å². The van der Waals surface area contributed by atoms with Gasteiger partial charge in [-0.1, -0.05) is 60.1 Å². The fourth-order valence-corrected chi connectivity index (χ4v) is 2.62. The zero-order chi connectivity index (χ0) is 18.2. The van der Waals surface area contributed by atoms with Crippen molar-refractivity contribution in [2.45, 2.75) is 26.2 Å². The highest BCUT2D eigenvalue weighted by molar-refractivity contribution is 9.10. The van der Waals surface area contributed by atoms with Crippen LogP contribution in [0.15, 0.2) is 53.0 Å². The molecule has 2 N–H and O–H groups in total. The van der Waals surface area contributed by atoms with Gasteiger partial charge in [0.2, 0.25) is 5.91 Å². The summed E-state index contributed by atoms with van der Waals surface area (Å²) in [5, 5.41) is 0. The largest absolute Gasteiger partial charge is 0.483 e. The van der Waals surface area contributed by atoms with Crippen molar-refractivity contribution in [3.05, 3.63) is 64.1 Å². The van der Waals surface area contributed by atoms with E-state index in [2.05, 4.69) is 40.6 Å². The first-order valence-corrected chi connectivity index (χ1v) is 8.79. The fourth-order valence-electron chi connectivity index (χ4n) is 2.25. The van der Waals surface area contributed by atoms with Crippen LogP contribution in [0.5, 0.6) is 5.75 Å². The maximum Gasteiger partial charge on any atom is 0.276 e. The molecule has 2 aromatic carbocycles. The number of hydrogen-bond donors (Lipinski definition) is 2. The second-order valence-electron chi connectivity index (χ2n) is 5.88. The van der Waals surface area contributed by atoms with E-state index in [0.717, 1.165) is 15.6 Å². The molecule has 0 unspecified atom stereocenters. The summed E-state index contributed by atoms with van der Waals surface area (Å²) in [4.78, 5) is 23.7. The Balaban J connectivity index is 1.80. The lowest BCUT2D eigenvalue weighted by Crippen LogP contribution is -2.44. The number of nitrogens with one attached hydrogen (secondary N) is 2. The molecule has 0 aliphatic heterocycles. The molecule has 0 heterocycles. The second kappa shape index (κ2) is 9.22. The van der Waals surface area contributed by atoms with Crippen LogP contribution in [0.2, 0.25) is 0 Å². The summed E-state index contributed by atoms with van der Waals surface area (Å²) in [6.07, 6.45) is 0.201. The van der Waals surface area contributed by atoms with E-state index in [4.69, 9.17) is 4.74 Å². The molecular formula is C19H21BrN2O3. The van der Waals surface area contributed by atoms with Gasteiger partial charge < -0.3 is 4.74 Å². The number of hydrazine groups is 1. The molecule has 0 spiro atoms. The third kappa shape index (κ3) is 6.23. The molecule has 132 valence electrons. The van der Waals surface area contributed by atoms with Gasteiger partial charge >= 0.3 is 0 Å². The summed E-state index contributed by atoms with van der Waals surface area (Å²) in [6.45, 7) is 3.93. The highest BCUT2D eigenvalue weighted by Gasteiger charge is 2.11. The first-order valence-electron chi connectivity index (χ1n) is 7.99. The summed E-state index contributed by atoms with van der Waals surface area (Å²) in [5.74, 6) is 0.218. The van der Waals surface area contributed by atoms with E-state index in [9.17, 15) is 9.59 Å². The van der Waals surface area contributed by atoms with Crippen molar-refractivity contribution in [3.8, 4) is 5.75 Å². The number of ether oxygens (including phenoxy) is 1. The molecule has 2 amide bonds. The average Bonchev–Trinajstić information content (AvgIpc) is 2.59. The van der Waals surface area contributed by atoms with Gasteiger partial charge in [-0.3, -0.25) is 20.4 Å². The van der Waals surface area contributed by atoms with Crippen LogP contribution in [0.1, 0.15) is 30.9 Å². The van der Waals surface area contributed by atoms with E-state index in [1.807, 2.05) is 48.5 Å². The summed E-state index contributed by atoms with van der Waals surface area (Å²) in [5.41, 5.74) is 6.63. The maximum absolute atomic E-state index is 11.9. The first-order chi connectivity index (χ1) is 12.0. The van der Waals surface area contributed by atoms with Crippen molar-refractivity contribution < 1.29 is 14.3 Å². The number of hydrogen-bond acceptors (Lipinski definition) is 3. The van der Waals surface area contributed by atoms with E-state index < -0.39 is 5.91 Å². The lowest BCUT2D eigenvalue weighted by molar-refractivity contribution is -0.129.